The van der Waals surface area contributed by atoms with Crippen LogP contribution >= 0.6 is 0 Å². The molecule has 0 saturated heterocycles. The van der Waals surface area contributed by atoms with Gasteiger partial charge in [0.25, 0.3) is 5.91 Å². The lowest BCUT2D eigenvalue weighted by atomic mass is 9.88. The monoisotopic (exact) mass is 203 g/mol. The van der Waals surface area contributed by atoms with Crippen LogP contribution in [0.15, 0.2) is 40.1 Å². The fraction of sp³-hybridized carbons (Fsp3) is 0.333. The van der Waals surface area contributed by atoms with Gasteiger partial charge in [-0.15, -0.1) is 0 Å². The molecule has 1 aliphatic carbocycles. The molecule has 3 nitrogen and oxygen atoms in total. The zero-order chi connectivity index (χ0) is 11.0. The normalized spacial score (nSPS) is 24.9. The van der Waals surface area contributed by atoms with Gasteiger partial charge in [-0.05, 0) is 19.4 Å². The van der Waals surface area contributed by atoms with Crippen LogP contribution in [0.4, 0.5) is 0 Å². The van der Waals surface area contributed by atoms with Gasteiger partial charge in [0, 0.05) is 0 Å². The molecule has 0 aromatic carbocycles. The van der Waals surface area contributed by atoms with Crippen LogP contribution in [-0.4, -0.2) is 16.7 Å². The van der Waals surface area contributed by atoms with Crippen molar-refractivity contribution in [2.75, 3.05) is 0 Å². The van der Waals surface area contributed by atoms with Crippen LogP contribution in [0.25, 0.3) is 0 Å². The molecule has 0 aromatic rings. The summed E-state index contributed by atoms with van der Waals surface area (Å²) in [6.45, 7) is 3.81. The number of carbonyl (C=O) groups is 1. The molecular weight excluding hydrogens is 190 g/mol. The summed E-state index contributed by atoms with van der Waals surface area (Å²) in [4.78, 5) is 15.5. The maximum absolute atomic E-state index is 11.5. The molecule has 1 N–H and O–H groups in total. The van der Waals surface area contributed by atoms with Gasteiger partial charge in [-0.3, -0.25) is 4.79 Å². The third-order valence-corrected chi connectivity index (χ3v) is 2.71. The van der Waals surface area contributed by atoms with E-state index in [0.29, 0.717) is 17.7 Å². The number of rotatable bonds is 1. The lowest BCUT2D eigenvalue weighted by Gasteiger charge is -2.22. The number of hydrogen-bond donors (Lipinski definition) is 1. The fourth-order valence-electron chi connectivity index (χ4n) is 1.86. The molecule has 1 atom stereocenters. The van der Waals surface area contributed by atoms with Crippen molar-refractivity contribution in [3.05, 3.63) is 35.1 Å². The van der Waals surface area contributed by atoms with E-state index < -0.39 is 0 Å². The van der Waals surface area contributed by atoms with Gasteiger partial charge in [0.15, 0.2) is 0 Å². The first-order valence-corrected chi connectivity index (χ1v) is 5.05. The summed E-state index contributed by atoms with van der Waals surface area (Å²) < 4.78 is 0. The average Bonchev–Trinajstić information content (AvgIpc) is 2.20. The summed E-state index contributed by atoms with van der Waals surface area (Å²) in [5.41, 5.74) is 2.15. The predicted molar refractivity (Wildman–Crippen MR) is 58.8 cm³/mol. The van der Waals surface area contributed by atoms with E-state index in [-0.39, 0.29) is 17.6 Å². The van der Waals surface area contributed by atoms with E-state index in [1.54, 1.807) is 6.08 Å². The van der Waals surface area contributed by atoms with Gasteiger partial charge in [-0.2, -0.15) is 0 Å². The minimum atomic E-state index is -0.307. The highest BCUT2D eigenvalue weighted by Crippen LogP contribution is 2.28. The van der Waals surface area contributed by atoms with Crippen molar-refractivity contribution in [3.63, 3.8) is 0 Å². The first-order chi connectivity index (χ1) is 7.13. The highest BCUT2D eigenvalue weighted by Gasteiger charge is 2.29. The molecule has 0 bridgehead atoms. The fourth-order valence-corrected chi connectivity index (χ4v) is 1.86. The Morgan fingerprint density at radius 1 is 1.47 bits per heavy atom. The summed E-state index contributed by atoms with van der Waals surface area (Å²) in [5.74, 6) is -0.363. The van der Waals surface area contributed by atoms with Crippen molar-refractivity contribution in [3.8, 4) is 0 Å². The van der Waals surface area contributed by atoms with Crippen molar-refractivity contribution in [1.82, 2.24) is 0 Å². The van der Waals surface area contributed by atoms with E-state index in [1.807, 2.05) is 26.0 Å². The third kappa shape index (κ3) is 1.54. The summed E-state index contributed by atoms with van der Waals surface area (Å²) in [5, 5.41) is 9.95. The molecule has 0 spiro atoms. The van der Waals surface area contributed by atoms with Gasteiger partial charge in [-0.25, -0.2) is 4.99 Å². The first-order valence-electron chi connectivity index (χ1n) is 5.05. The van der Waals surface area contributed by atoms with Gasteiger partial charge in [0.1, 0.15) is 5.76 Å². The first kappa shape index (κ1) is 9.90. The molecule has 0 fully saturated rings. The molecule has 1 heterocycles. The number of aliphatic hydroxyl groups excluding tert-OH is 1. The quantitative estimate of drug-likeness (QED) is 0.711. The standard InChI is InChI=1S/C12H13NO2/c1-3-8-11(14)9-6-7(2)4-5-10(9)13-12(8)15/h4-6,9,14H,3H2,1-2H3. The Labute approximate surface area is 88.5 Å². The van der Waals surface area contributed by atoms with Gasteiger partial charge < -0.3 is 5.11 Å². The predicted octanol–water partition coefficient (Wildman–Crippen LogP) is 2.32. The minimum Gasteiger partial charge on any atom is -0.511 e. The van der Waals surface area contributed by atoms with Crippen LogP contribution in [0.3, 0.4) is 0 Å². The SMILES string of the molecule is CCC1=C(O)C2C=C(C)C=CC2=NC1=O. The number of carbonyl (C=O) groups excluding carboxylic acids is 1. The third-order valence-electron chi connectivity index (χ3n) is 2.71. The number of allylic oxidation sites excluding steroid dienone is 4. The molecule has 2 rings (SSSR count). The van der Waals surface area contributed by atoms with Crippen LogP contribution in [0.1, 0.15) is 20.3 Å². The molecule has 1 amide bonds. The van der Waals surface area contributed by atoms with Crippen LogP contribution < -0.4 is 0 Å². The highest BCUT2D eigenvalue weighted by molar-refractivity contribution is 6.13. The van der Waals surface area contributed by atoms with E-state index in [2.05, 4.69) is 4.99 Å². The lowest BCUT2D eigenvalue weighted by molar-refractivity contribution is -0.114. The molecule has 0 aromatic heterocycles. The zero-order valence-corrected chi connectivity index (χ0v) is 8.82. The van der Waals surface area contributed by atoms with E-state index in [4.69, 9.17) is 0 Å². The summed E-state index contributed by atoms with van der Waals surface area (Å²) in [6.07, 6.45) is 6.14. The number of amides is 1. The Bertz CT molecular complexity index is 439. The van der Waals surface area contributed by atoms with E-state index in [1.165, 1.54) is 0 Å². The van der Waals surface area contributed by atoms with Crippen LogP contribution in [0, 0.1) is 5.92 Å². The van der Waals surface area contributed by atoms with Gasteiger partial charge in [-0.1, -0.05) is 24.6 Å². The minimum absolute atomic E-state index is 0.163. The Morgan fingerprint density at radius 3 is 2.87 bits per heavy atom. The number of hydrogen-bond acceptors (Lipinski definition) is 2. The largest absolute Gasteiger partial charge is 0.511 e. The topological polar surface area (TPSA) is 49.7 Å². The Balaban J connectivity index is 2.48. The number of aliphatic hydroxyl groups is 1. The molecule has 2 aliphatic rings. The van der Waals surface area contributed by atoms with Gasteiger partial charge >= 0.3 is 0 Å². The molecule has 3 heteroatoms. The Morgan fingerprint density at radius 2 is 2.20 bits per heavy atom. The zero-order valence-electron chi connectivity index (χ0n) is 8.82. The molecule has 0 radical (unpaired) electrons. The number of fused-ring (bicyclic) bond motifs is 1. The second kappa shape index (κ2) is 3.50. The van der Waals surface area contributed by atoms with E-state index in [9.17, 15) is 9.90 Å². The lowest BCUT2D eigenvalue weighted by Crippen LogP contribution is -2.25. The maximum Gasteiger partial charge on any atom is 0.276 e. The summed E-state index contributed by atoms with van der Waals surface area (Å²) in [6, 6.07) is 0. The molecular formula is C12H13NO2. The van der Waals surface area contributed by atoms with Crippen LogP contribution in [0.2, 0.25) is 0 Å². The van der Waals surface area contributed by atoms with Gasteiger partial charge in [0.05, 0.1) is 17.2 Å². The van der Waals surface area contributed by atoms with Crippen LogP contribution in [0.5, 0.6) is 0 Å². The molecule has 1 aliphatic heterocycles. The highest BCUT2D eigenvalue weighted by atomic mass is 16.3. The number of aliphatic imine (C=N–C) groups is 1. The molecule has 1 unspecified atom stereocenters. The molecule has 15 heavy (non-hydrogen) atoms. The van der Waals surface area contributed by atoms with Crippen molar-refractivity contribution < 1.29 is 9.90 Å². The van der Waals surface area contributed by atoms with Crippen molar-refractivity contribution in [2.24, 2.45) is 10.9 Å². The Hall–Kier alpha value is -1.64. The van der Waals surface area contributed by atoms with E-state index >= 15 is 0 Å². The Kier molecular flexibility index (Phi) is 2.31. The second-order valence-electron chi connectivity index (χ2n) is 3.78. The van der Waals surface area contributed by atoms with Crippen molar-refractivity contribution in [2.45, 2.75) is 20.3 Å². The summed E-state index contributed by atoms with van der Waals surface area (Å²) >= 11 is 0. The summed E-state index contributed by atoms with van der Waals surface area (Å²) in [7, 11) is 0. The van der Waals surface area contributed by atoms with Crippen LogP contribution in [-0.2, 0) is 4.79 Å². The second-order valence-corrected chi connectivity index (χ2v) is 3.78. The van der Waals surface area contributed by atoms with Gasteiger partial charge in [0.2, 0.25) is 0 Å². The van der Waals surface area contributed by atoms with Crippen molar-refractivity contribution >= 4 is 11.6 Å². The molecule has 78 valence electrons. The average molecular weight is 203 g/mol. The number of nitrogens with zero attached hydrogens (tertiary/aromatic N) is 1. The maximum atomic E-state index is 11.5. The molecule has 0 saturated carbocycles. The van der Waals surface area contributed by atoms with E-state index in [0.717, 1.165) is 5.57 Å². The smallest absolute Gasteiger partial charge is 0.276 e. The number of dihydropyridines is 1. The van der Waals surface area contributed by atoms with Crippen molar-refractivity contribution in [1.29, 1.82) is 0 Å².